The van der Waals surface area contributed by atoms with Crippen LogP contribution in [0.2, 0.25) is 0 Å². The van der Waals surface area contributed by atoms with Crippen LogP contribution in [-0.4, -0.2) is 17.1 Å². The summed E-state index contributed by atoms with van der Waals surface area (Å²) in [6.45, 7) is 5.12. The van der Waals surface area contributed by atoms with Gasteiger partial charge in [-0.25, -0.2) is 0 Å². The molecule has 104 valence electrons. The van der Waals surface area contributed by atoms with Crippen molar-refractivity contribution in [3.63, 3.8) is 0 Å². The Kier molecular flexibility index (Phi) is 4.59. The summed E-state index contributed by atoms with van der Waals surface area (Å²) >= 11 is 0. The van der Waals surface area contributed by atoms with Crippen LogP contribution in [-0.2, 0) is 11.3 Å². The molecule has 1 aromatic carbocycles. The van der Waals surface area contributed by atoms with Crippen molar-refractivity contribution in [2.75, 3.05) is 0 Å². The van der Waals surface area contributed by atoms with Gasteiger partial charge in [0, 0.05) is 12.6 Å². The van der Waals surface area contributed by atoms with E-state index in [0.717, 1.165) is 32.2 Å². The number of nitrogens with one attached hydrogen (secondary N) is 1. The molecule has 0 aliphatic heterocycles. The lowest BCUT2D eigenvalue weighted by atomic mass is 9.86. The summed E-state index contributed by atoms with van der Waals surface area (Å²) in [6, 6.07) is 7.07. The molecule has 1 fully saturated rings. The van der Waals surface area contributed by atoms with E-state index in [4.69, 9.17) is 5.11 Å². The second-order valence-electron chi connectivity index (χ2n) is 5.76. The lowest BCUT2D eigenvalue weighted by Crippen LogP contribution is -2.34. The van der Waals surface area contributed by atoms with Gasteiger partial charge < -0.3 is 10.4 Å². The Balaban J connectivity index is 1.82. The average Bonchev–Trinajstić information content (AvgIpc) is 2.36. The van der Waals surface area contributed by atoms with Crippen LogP contribution < -0.4 is 5.32 Å². The fraction of sp³-hybridized carbons (Fsp3) is 0.562. The van der Waals surface area contributed by atoms with E-state index >= 15 is 0 Å². The van der Waals surface area contributed by atoms with Crippen molar-refractivity contribution in [3.8, 4) is 0 Å². The first-order valence-electron chi connectivity index (χ1n) is 7.08. The van der Waals surface area contributed by atoms with E-state index in [1.54, 1.807) is 0 Å². The van der Waals surface area contributed by atoms with Crippen LogP contribution in [0, 0.1) is 19.8 Å². The molecule has 0 atom stereocenters. The van der Waals surface area contributed by atoms with Crippen molar-refractivity contribution in [3.05, 3.63) is 34.9 Å². The zero-order valence-electron chi connectivity index (χ0n) is 11.8. The molecule has 3 nitrogen and oxygen atoms in total. The lowest BCUT2D eigenvalue weighted by Gasteiger charge is -2.27. The Bertz CT molecular complexity index is 428. The summed E-state index contributed by atoms with van der Waals surface area (Å²) < 4.78 is 0. The van der Waals surface area contributed by atoms with Crippen LogP contribution in [0.1, 0.15) is 42.4 Å². The summed E-state index contributed by atoms with van der Waals surface area (Å²) in [7, 11) is 0. The second kappa shape index (κ2) is 6.20. The molecule has 0 saturated heterocycles. The van der Waals surface area contributed by atoms with Crippen molar-refractivity contribution in [2.45, 2.75) is 52.1 Å². The smallest absolute Gasteiger partial charge is 0.306 e. The Morgan fingerprint density at radius 1 is 1.16 bits per heavy atom. The van der Waals surface area contributed by atoms with Crippen LogP contribution >= 0.6 is 0 Å². The van der Waals surface area contributed by atoms with E-state index in [1.165, 1.54) is 16.7 Å². The van der Waals surface area contributed by atoms with E-state index in [2.05, 4.69) is 37.4 Å². The molecule has 0 aromatic heterocycles. The highest BCUT2D eigenvalue weighted by Crippen LogP contribution is 2.24. The lowest BCUT2D eigenvalue weighted by molar-refractivity contribution is -0.142. The molecule has 0 radical (unpaired) electrons. The van der Waals surface area contributed by atoms with Gasteiger partial charge >= 0.3 is 5.97 Å². The number of aryl methyl sites for hydroxylation is 2. The van der Waals surface area contributed by atoms with Gasteiger partial charge in [-0.15, -0.1) is 0 Å². The van der Waals surface area contributed by atoms with Gasteiger partial charge in [0.25, 0.3) is 0 Å². The highest BCUT2D eigenvalue weighted by Gasteiger charge is 2.25. The molecule has 1 saturated carbocycles. The van der Waals surface area contributed by atoms with Crippen molar-refractivity contribution in [1.29, 1.82) is 0 Å². The SMILES string of the molecule is Cc1cc(C)cc(CNC2CCC(C(=O)O)CC2)c1. The van der Waals surface area contributed by atoms with E-state index in [-0.39, 0.29) is 5.92 Å². The normalized spacial score (nSPS) is 23.3. The monoisotopic (exact) mass is 261 g/mol. The first-order valence-corrected chi connectivity index (χ1v) is 7.08. The van der Waals surface area contributed by atoms with Gasteiger partial charge in [-0.3, -0.25) is 4.79 Å². The van der Waals surface area contributed by atoms with Gasteiger partial charge in [-0.05, 0) is 45.1 Å². The maximum atomic E-state index is 10.9. The summed E-state index contributed by atoms with van der Waals surface area (Å²) in [6.07, 6.45) is 3.56. The number of carbonyl (C=O) groups is 1. The first kappa shape index (κ1) is 14.1. The third-order valence-electron chi connectivity index (χ3n) is 3.95. The van der Waals surface area contributed by atoms with Crippen molar-refractivity contribution < 1.29 is 9.90 Å². The maximum Gasteiger partial charge on any atom is 0.306 e. The molecule has 0 spiro atoms. The molecule has 19 heavy (non-hydrogen) atoms. The number of aliphatic carboxylic acids is 1. The van der Waals surface area contributed by atoms with Crippen molar-refractivity contribution in [1.82, 2.24) is 5.32 Å². The summed E-state index contributed by atoms with van der Waals surface area (Å²) in [4.78, 5) is 10.9. The average molecular weight is 261 g/mol. The van der Waals surface area contributed by atoms with Crippen molar-refractivity contribution >= 4 is 5.97 Å². The largest absolute Gasteiger partial charge is 0.481 e. The zero-order valence-corrected chi connectivity index (χ0v) is 11.8. The van der Waals surface area contributed by atoms with Crippen LogP contribution in [0.4, 0.5) is 0 Å². The van der Waals surface area contributed by atoms with E-state index in [9.17, 15) is 4.79 Å². The Hall–Kier alpha value is -1.35. The van der Waals surface area contributed by atoms with E-state index < -0.39 is 5.97 Å². The van der Waals surface area contributed by atoms with Gasteiger partial charge in [-0.1, -0.05) is 29.3 Å². The predicted octanol–water partition coefficient (Wildman–Crippen LogP) is 3.04. The molecular formula is C16H23NO2. The van der Waals surface area contributed by atoms with Gasteiger partial charge in [0.1, 0.15) is 0 Å². The summed E-state index contributed by atoms with van der Waals surface area (Å²) in [5.41, 5.74) is 3.91. The fourth-order valence-electron chi connectivity index (χ4n) is 2.98. The highest BCUT2D eigenvalue weighted by molar-refractivity contribution is 5.70. The number of carboxylic acid groups (broad SMARTS) is 1. The molecule has 2 N–H and O–H groups in total. The fourth-order valence-corrected chi connectivity index (χ4v) is 2.98. The number of rotatable bonds is 4. The van der Waals surface area contributed by atoms with E-state index in [0.29, 0.717) is 6.04 Å². The first-order chi connectivity index (χ1) is 9.04. The topological polar surface area (TPSA) is 49.3 Å². The van der Waals surface area contributed by atoms with Gasteiger partial charge in [0.05, 0.1) is 5.92 Å². The van der Waals surface area contributed by atoms with Gasteiger partial charge in [0.2, 0.25) is 0 Å². The Morgan fingerprint density at radius 3 is 2.26 bits per heavy atom. The number of carboxylic acids is 1. The molecule has 1 aliphatic rings. The summed E-state index contributed by atoms with van der Waals surface area (Å²) in [5.74, 6) is -0.757. The zero-order chi connectivity index (χ0) is 13.8. The molecule has 2 rings (SSSR count). The van der Waals surface area contributed by atoms with Crippen LogP contribution in [0.5, 0.6) is 0 Å². The summed E-state index contributed by atoms with van der Waals surface area (Å²) in [5, 5.41) is 12.5. The third-order valence-corrected chi connectivity index (χ3v) is 3.95. The standard InChI is InChI=1S/C16H23NO2/c1-11-7-12(2)9-13(8-11)10-17-15-5-3-14(4-6-15)16(18)19/h7-9,14-15,17H,3-6,10H2,1-2H3,(H,18,19). The molecule has 0 bridgehead atoms. The minimum Gasteiger partial charge on any atom is -0.481 e. The molecular weight excluding hydrogens is 238 g/mol. The Labute approximate surface area is 115 Å². The number of benzene rings is 1. The highest BCUT2D eigenvalue weighted by atomic mass is 16.4. The van der Waals surface area contributed by atoms with Crippen LogP contribution in [0.15, 0.2) is 18.2 Å². The molecule has 1 aliphatic carbocycles. The van der Waals surface area contributed by atoms with E-state index in [1.807, 2.05) is 0 Å². The van der Waals surface area contributed by atoms with Gasteiger partial charge in [0.15, 0.2) is 0 Å². The third kappa shape index (κ3) is 4.06. The molecule has 1 aromatic rings. The molecule has 0 amide bonds. The number of hydrogen-bond acceptors (Lipinski definition) is 2. The predicted molar refractivity (Wildman–Crippen MR) is 76.1 cm³/mol. The van der Waals surface area contributed by atoms with Gasteiger partial charge in [-0.2, -0.15) is 0 Å². The number of hydrogen-bond donors (Lipinski definition) is 2. The maximum absolute atomic E-state index is 10.9. The quantitative estimate of drug-likeness (QED) is 0.876. The van der Waals surface area contributed by atoms with Crippen LogP contribution in [0.25, 0.3) is 0 Å². The Morgan fingerprint density at radius 2 is 1.74 bits per heavy atom. The van der Waals surface area contributed by atoms with Crippen molar-refractivity contribution in [2.24, 2.45) is 5.92 Å². The second-order valence-corrected chi connectivity index (χ2v) is 5.76. The molecule has 3 heteroatoms. The van der Waals surface area contributed by atoms with Crippen LogP contribution in [0.3, 0.4) is 0 Å². The molecule has 0 unspecified atom stereocenters. The minimum absolute atomic E-state index is 0.126. The minimum atomic E-state index is -0.632. The molecule has 0 heterocycles.